The molecule has 0 bridgehead atoms. The van der Waals surface area contributed by atoms with Gasteiger partial charge in [0.05, 0.1) is 28.9 Å². The lowest BCUT2D eigenvalue weighted by Crippen LogP contribution is -2.22. The molecule has 172 valence electrons. The van der Waals surface area contributed by atoms with E-state index in [0.29, 0.717) is 24.0 Å². The third kappa shape index (κ3) is 16.7. The number of hydrogen-bond acceptors (Lipinski definition) is 6. The van der Waals surface area contributed by atoms with Crippen LogP contribution in [-0.2, 0) is 4.74 Å². The number of hydrogen-bond donors (Lipinski definition) is 4. The topological polar surface area (TPSA) is 124 Å². The molecule has 7 nitrogen and oxygen atoms in total. The van der Waals surface area contributed by atoms with Crippen molar-refractivity contribution in [2.75, 3.05) is 13.2 Å². The van der Waals surface area contributed by atoms with Crippen molar-refractivity contribution in [2.24, 2.45) is 0 Å². The van der Waals surface area contributed by atoms with Crippen molar-refractivity contribution in [3.63, 3.8) is 0 Å². The first-order valence-electron chi connectivity index (χ1n) is 9.92. The normalized spacial score (nSPS) is 10.7. The molecule has 0 heterocycles. The Balaban J connectivity index is 0.000000479. The van der Waals surface area contributed by atoms with Gasteiger partial charge in [-0.1, -0.05) is 36.4 Å². The number of benzene rings is 2. The van der Waals surface area contributed by atoms with E-state index in [2.05, 4.69) is 0 Å². The zero-order valence-electron chi connectivity index (χ0n) is 18.6. The standard InChI is InChI=1S/C12H16O3.C7H6O2.C5H12O2/c1-12(2,14)8-9-15-11(13)10-6-4-3-5-7-10;8-7(9)6-4-2-1-3-5-6;1-5(2,7)3-4-6/h3-7,14H,8-9H2,1-2H3;1-5H,(H,8,9);6-7H,3-4H2,1-2H3. The number of aliphatic hydroxyl groups excluding tert-OH is 1. The number of rotatable bonds is 7. The lowest BCUT2D eigenvalue weighted by atomic mass is 10.1. The van der Waals surface area contributed by atoms with Gasteiger partial charge in [-0.25, -0.2) is 9.59 Å². The van der Waals surface area contributed by atoms with E-state index >= 15 is 0 Å². The summed E-state index contributed by atoms with van der Waals surface area (Å²) in [6, 6.07) is 17.1. The van der Waals surface area contributed by atoms with Gasteiger partial charge < -0.3 is 25.2 Å². The summed E-state index contributed by atoms with van der Waals surface area (Å²) < 4.78 is 5.01. The van der Waals surface area contributed by atoms with Gasteiger partial charge in [0.25, 0.3) is 0 Å². The van der Waals surface area contributed by atoms with Crippen molar-refractivity contribution < 1.29 is 34.8 Å². The molecule has 0 amide bonds. The number of carbonyl (C=O) groups is 2. The molecule has 0 aliphatic rings. The zero-order chi connectivity index (χ0) is 23.9. The predicted octanol–water partition coefficient (Wildman–Crippen LogP) is 3.53. The quantitative estimate of drug-likeness (QED) is 0.491. The Morgan fingerprint density at radius 3 is 1.48 bits per heavy atom. The molecular formula is C24H34O7. The summed E-state index contributed by atoms with van der Waals surface area (Å²) in [6.07, 6.45) is 0.887. The minimum absolute atomic E-state index is 0.0590. The Labute approximate surface area is 183 Å². The molecule has 2 aromatic rings. The van der Waals surface area contributed by atoms with Gasteiger partial charge in [-0.2, -0.15) is 0 Å². The van der Waals surface area contributed by atoms with Crippen LogP contribution in [0.4, 0.5) is 0 Å². The monoisotopic (exact) mass is 434 g/mol. The number of esters is 1. The van der Waals surface area contributed by atoms with Gasteiger partial charge in [0, 0.05) is 13.0 Å². The summed E-state index contributed by atoms with van der Waals surface area (Å²) in [5, 5.41) is 34.9. The van der Waals surface area contributed by atoms with Crippen molar-refractivity contribution in [1.29, 1.82) is 0 Å². The van der Waals surface area contributed by atoms with Gasteiger partial charge in [-0.05, 0) is 58.4 Å². The van der Waals surface area contributed by atoms with Crippen LogP contribution in [0.3, 0.4) is 0 Å². The van der Waals surface area contributed by atoms with Crippen LogP contribution in [0.2, 0.25) is 0 Å². The van der Waals surface area contributed by atoms with E-state index in [1.165, 1.54) is 0 Å². The average molecular weight is 435 g/mol. The second-order valence-electron chi connectivity index (χ2n) is 8.02. The molecule has 0 aliphatic heterocycles. The fourth-order valence-electron chi connectivity index (χ4n) is 1.91. The third-order valence-corrected chi connectivity index (χ3v) is 3.70. The van der Waals surface area contributed by atoms with E-state index < -0.39 is 17.2 Å². The Morgan fingerprint density at radius 2 is 1.19 bits per heavy atom. The van der Waals surface area contributed by atoms with Crippen molar-refractivity contribution in [3.05, 3.63) is 71.8 Å². The van der Waals surface area contributed by atoms with Crippen LogP contribution in [0.25, 0.3) is 0 Å². The Hall–Kier alpha value is -2.74. The lowest BCUT2D eigenvalue weighted by molar-refractivity contribution is 0.0243. The molecule has 0 spiro atoms. The highest BCUT2D eigenvalue weighted by atomic mass is 16.5. The SMILES string of the molecule is CC(C)(O)CCO.CC(C)(O)CCOC(=O)c1ccccc1.O=C(O)c1ccccc1. The fraction of sp³-hybridized carbons (Fsp3) is 0.417. The molecule has 4 N–H and O–H groups in total. The highest BCUT2D eigenvalue weighted by Crippen LogP contribution is 2.08. The smallest absolute Gasteiger partial charge is 0.338 e. The summed E-state index contributed by atoms with van der Waals surface area (Å²) in [6.45, 7) is 7.00. The largest absolute Gasteiger partial charge is 0.478 e. The Kier molecular flexibility index (Phi) is 13.0. The first kappa shape index (κ1) is 28.3. The predicted molar refractivity (Wildman–Crippen MR) is 119 cm³/mol. The van der Waals surface area contributed by atoms with Crippen molar-refractivity contribution in [3.8, 4) is 0 Å². The zero-order valence-corrected chi connectivity index (χ0v) is 18.6. The van der Waals surface area contributed by atoms with Gasteiger partial charge in [-0.15, -0.1) is 0 Å². The van der Waals surface area contributed by atoms with E-state index in [1.807, 2.05) is 6.07 Å². The van der Waals surface area contributed by atoms with Crippen LogP contribution in [0, 0.1) is 0 Å². The van der Waals surface area contributed by atoms with Gasteiger partial charge in [0.2, 0.25) is 0 Å². The van der Waals surface area contributed by atoms with E-state index in [0.717, 1.165) is 0 Å². The summed E-state index contributed by atoms with van der Waals surface area (Å²) in [4.78, 5) is 21.6. The summed E-state index contributed by atoms with van der Waals surface area (Å²) in [5.41, 5.74) is -0.628. The Bertz CT molecular complexity index is 745. The van der Waals surface area contributed by atoms with Crippen LogP contribution >= 0.6 is 0 Å². The highest BCUT2D eigenvalue weighted by molar-refractivity contribution is 5.89. The van der Waals surface area contributed by atoms with Crippen LogP contribution in [0.1, 0.15) is 61.3 Å². The van der Waals surface area contributed by atoms with Crippen molar-refractivity contribution in [2.45, 2.75) is 51.7 Å². The van der Waals surface area contributed by atoms with Gasteiger partial charge in [0.15, 0.2) is 0 Å². The van der Waals surface area contributed by atoms with E-state index in [9.17, 15) is 14.7 Å². The molecule has 0 aromatic heterocycles. The number of aliphatic hydroxyl groups is 3. The molecule has 31 heavy (non-hydrogen) atoms. The Morgan fingerprint density at radius 1 is 0.774 bits per heavy atom. The van der Waals surface area contributed by atoms with Crippen LogP contribution in [0.15, 0.2) is 60.7 Å². The second-order valence-corrected chi connectivity index (χ2v) is 8.02. The number of aromatic carboxylic acids is 1. The van der Waals surface area contributed by atoms with Crippen LogP contribution in [-0.4, -0.2) is 56.8 Å². The molecule has 0 unspecified atom stereocenters. The van der Waals surface area contributed by atoms with E-state index in [-0.39, 0.29) is 19.2 Å². The maximum Gasteiger partial charge on any atom is 0.338 e. The van der Waals surface area contributed by atoms with E-state index in [1.54, 1.807) is 82.3 Å². The van der Waals surface area contributed by atoms with E-state index in [4.69, 9.17) is 20.1 Å². The number of carboxylic acid groups (broad SMARTS) is 1. The number of ether oxygens (including phenoxy) is 1. The van der Waals surface area contributed by atoms with Crippen molar-refractivity contribution in [1.82, 2.24) is 0 Å². The number of carbonyl (C=O) groups excluding carboxylic acids is 1. The van der Waals surface area contributed by atoms with Gasteiger partial charge in [-0.3, -0.25) is 0 Å². The van der Waals surface area contributed by atoms with Gasteiger partial charge in [0.1, 0.15) is 0 Å². The summed E-state index contributed by atoms with van der Waals surface area (Å²) >= 11 is 0. The molecule has 0 fully saturated rings. The number of carboxylic acids is 1. The molecule has 0 saturated heterocycles. The van der Waals surface area contributed by atoms with Crippen LogP contribution < -0.4 is 0 Å². The maximum atomic E-state index is 11.4. The fourth-order valence-corrected chi connectivity index (χ4v) is 1.91. The highest BCUT2D eigenvalue weighted by Gasteiger charge is 2.14. The lowest BCUT2D eigenvalue weighted by Gasteiger charge is -2.16. The minimum Gasteiger partial charge on any atom is -0.478 e. The first-order valence-corrected chi connectivity index (χ1v) is 9.92. The molecule has 0 saturated carbocycles. The van der Waals surface area contributed by atoms with Crippen molar-refractivity contribution >= 4 is 11.9 Å². The summed E-state index contributed by atoms with van der Waals surface area (Å²) in [7, 11) is 0. The molecule has 2 rings (SSSR count). The third-order valence-electron chi connectivity index (χ3n) is 3.70. The first-order chi connectivity index (χ1) is 14.4. The molecule has 0 atom stereocenters. The second kappa shape index (κ2) is 14.3. The maximum absolute atomic E-state index is 11.4. The minimum atomic E-state index is -0.879. The summed E-state index contributed by atoms with van der Waals surface area (Å²) in [5.74, 6) is -1.23. The molecular weight excluding hydrogens is 400 g/mol. The molecule has 0 radical (unpaired) electrons. The van der Waals surface area contributed by atoms with Gasteiger partial charge >= 0.3 is 11.9 Å². The molecule has 0 aliphatic carbocycles. The van der Waals surface area contributed by atoms with Crippen LogP contribution in [0.5, 0.6) is 0 Å². The molecule has 2 aromatic carbocycles. The molecule has 7 heteroatoms. The average Bonchev–Trinajstić information content (AvgIpc) is 2.68.